The molecular formula is C20H23N3O4. The van der Waals surface area contributed by atoms with Gasteiger partial charge in [-0.15, -0.1) is 0 Å². The summed E-state index contributed by atoms with van der Waals surface area (Å²) in [6.07, 6.45) is 5.43. The van der Waals surface area contributed by atoms with Crippen LogP contribution in [0.1, 0.15) is 37.7 Å². The van der Waals surface area contributed by atoms with Crippen molar-refractivity contribution in [2.45, 2.75) is 44.2 Å². The Labute approximate surface area is 157 Å². The number of hydrogen-bond acceptors (Lipinski definition) is 5. The first-order valence-corrected chi connectivity index (χ1v) is 9.27. The van der Waals surface area contributed by atoms with Gasteiger partial charge in [0.05, 0.1) is 31.3 Å². The molecule has 1 aliphatic carbocycles. The SMILES string of the molecule is COc1ccc(-c2[nH]ncc2CNC(=O)C2CC(=O)OC23CCCC3)cc1. The minimum absolute atomic E-state index is 0.121. The predicted octanol–water partition coefficient (Wildman–Crippen LogP) is 2.58. The second-order valence-electron chi connectivity index (χ2n) is 7.22. The van der Waals surface area contributed by atoms with E-state index in [9.17, 15) is 9.59 Å². The lowest BCUT2D eigenvalue weighted by molar-refractivity contribution is -0.149. The summed E-state index contributed by atoms with van der Waals surface area (Å²) < 4.78 is 10.8. The molecule has 1 saturated heterocycles. The van der Waals surface area contributed by atoms with Gasteiger partial charge in [-0.1, -0.05) is 0 Å². The van der Waals surface area contributed by atoms with Crippen LogP contribution in [0.3, 0.4) is 0 Å². The van der Waals surface area contributed by atoms with Crippen molar-refractivity contribution in [2.75, 3.05) is 7.11 Å². The highest BCUT2D eigenvalue weighted by Crippen LogP contribution is 2.45. The maximum Gasteiger partial charge on any atom is 0.307 e. The summed E-state index contributed by atoms with van der Waals surface area (Å²) in [6.45, 7) is 0.345. The molecule has 0 bridgehead atoms. The molecule has 2 heterocycles. The van der Waals surface area contributed by atoms with Crippen LogP contribution in [0.5, 0.6) is 5.75 Å². The van der Waals surface area contributed by atoms with Crippen molar-refractivity contribution in [3.8, 4) is 17.0 Å². The van der Waals surface area contributed by atoms with E-state index in [4.69, 9.17) is 9.47 Å². The number of carbonyl (C=O) groups is 2. The third-order valence-corrected chi connectivity index (χ3v) is 5.64. The molecule has 2 N–H and O–H groups in total. The van der Waals surface area contributed by atoms with Crippen LogP contribution in [-0.2, 0) is 20.9 Å². The van der Waals surface area contributed by atoms with Gasteiger partial charge in [0.2, 0.25) is 5.91 Å². The van der Waals surface area contributed by atoms with Gasteiger partial charge in [0, 0.05) is 17.7 Å². The lowest BCUT2D eigenvalue weighted by atomic mass is 9.85. The molecule has 7 heteroatoms. The van der Waals surface area contributed by atoms with Gasteiger partial charge in [0.15, 0.2) is 0 Å². The van der Waals surface area contributed by atoms with Gasteiger partial charge in [-0.05, 0) is 49.9 Å². The number of benzene rings is 1. The zero-order valence-corrected chi connectivity index (χ0v) is 15.3. The van der Waals surface area contributed by atoms with Gasteiger partial charge in [-0.3, -0.25) is 14.7 Å². The minimum Gasteiger partial charge on any atom is -0.497 e. The maximum atomic E-state index is 12.8. The van der Waals surface area contributed by atoms with Gasteiger partial charge < -0.3 is 14.8 Å². The van der Waals surface area contributed by atoms with Gasteiger partial charge >= 0.3 is 5.97 Å². The Hall–Kier alpha value is -2.83. The first-order valence-electron chi connectivity index (χ1n) is 9.27. The van der Waals surface area contributed by atoms with Crippen molar-refractivity contribution < 1.29 is 19.1 Å². The molecule has 1 saturated carbocycles. The number of ether oxygens (including phenoxy) is 2. The highest BCUT2D eigenvalue weighted by molar-refractivity contribution is 5.88. The Kier molecular flexibility index (Phi) is 4.59. The van der Waals surface area contributed by atoms with Crippen molar-refractivity contribution in [2.24, 2.45) is 5.92 Å². The molecule has 7 nitrogen and oxygen atoms in total. The van der Waals surface area contributed by atoms with Gasteiger partial charge in [0.1, 0.15) is 11.4 Å². The third-order valence-electron chi connectivity index (χ3n) is 5.64. The monoisotopic (exact) mass is 369 g/mol. The summed E-state index contributed by atoms with van der Waals surface area (Å²) >= 11 is 0. The van der Waals surface area contributed by atoms with E-state index in [-0.39, 0.29) is 18.3 Å². The zero-order valence-electron chi connectivity index (χ0n) is 15.3. The van der Waals surface area contributed by atoms with Crippen LogP contribution in [0.2, 0.25) is 0 Å². The molecule has 1 aromatic heterocycles. The van der Waals surface area contributed by atoms with Crippen molar-refractivity contribution in [1.82, 2.24) is 15.5 Å². The molecule has 2 fully saturated rings. The number of aromatic amines is 1. The summed E-state index contributed by atoms with van der Waals surface area (Å²) in [7, 11) is 1.63. The molecule has 2 aliphatic rings. The van der Waals surface area contributed by atoms with Crippen LogP contribution in [-0.4, -0.2) is 34.8 Å². The largest absolute Gasteiger partial charge is 0.497 e. The second kappa shape index (κ2) is 7.06. The molecule has 1 aliphatic heterocycles. The van der Waals surface area contributed by atoms with Crippen LogP contribution in [0.25, 0.3) is 11.3 Å². The number of amides is 1. The summed E-state index contributed by atoms with van der Waals surface area (Å²) in [5, 5.41) is 10.1. The number of nitrogens with zero attached hydrogens (tertiary/aromatic N) is 1. The van der Waals surface area contributed by atoms with E-state index in [0.29, 0.717) is 6.54 Å². The van der Waals surface area contributed by atoms with E-state index in [2.05, 4.69) is 15.5 Å². The first kappa shape index (κ1) is 17.6. The van der Waals surface area contributed by atoms with Gasteiger partial charge in [-0.25, -0.2) is 0 Å². The fraction of sp³-hybridized carbons (Fsp3) is 0.450. The summed E-state index contributed by atoms with van der Waals surface area (Å²) in [4.78, 5) is 24.6. The van der Waals surface area contributed by atoms with Crippen molar-refractivity contribution in [1.29, 1.82) is 0 Å². The number of nitrogens with one attached hydrogen (secondary N) is 2. The molecule has 1 aromatic carbocycles. The molecule has 1 amide bonds. The van der Waals surface area contributed by atoms with Gasteiger partial charge in [-0.2, -0.15) is 5.10 Å². The molecule has 2 aromatic rings. The Morgan fingerprint density at radius 1 is 1.33 bits per heavy atom. The summed E-state index contributed by atoms with van der Waals surface area (Å²) in [5.41, 5.74) is 2.12. The van der Waals surface area contributed by atoms with E-state index in [0.717, 1.165) is 48.3 Å². The normalized spacial score (nSPS) is 20.6. The highest BCUT2D eigenvalue weighted by Gasteiger charge is 2.53. The molecule has 142 valence electrons. The fourth-order valence-corrected chi connectivity index (χ4v) is 4.21. The molecule has 27 heavy (non-hydrogen) atoms. The molecule has 1 unspecified atom stereocenters. The lowest BCUT2D eigenvalue weighted by Gasteiger charge is -2.27. The van der Waals surface area contributed by atoms with Crippen molar-refractivity contribution in [3.05, 3.63) is 36.0 Å². The van der Waals surface area contributed by atoms with Crippen LogP contribution < -0.4 is 10.1 Å². The van der Waals surface area contributed by atoms with E-state index in [1.165, 1.54) is 0 Å². The molecular weight excluding hydrogens is 346 g/mol. The number of methoxy groups -OCH3 is 1. The number of H-pyrrole nitrogens is 1. The number of hydrogen-bond donors (Lipinski definition) is 2. The molecule has 0 radical (unpaired) electrons. The van der Waals surface area contributed by atoms with E-state index in [1.807, 2.05) is 24.3 Å². The Morgan fingerprint density at radius 2 is 2.07 bits per heavy atom. The number of rotatable bonds is 5. The van der Waals surface area contributed by atoms with E-state index < -0.39 is 11.5 Å². The smallest absolute Gasteiger partial charge is 0.307 e. The number of carbonyl (C=O) groups excluding carboxylic acids is 2. The average molecular weight is 369 g/mol. The number of esters is 1. The topological polar surface area (TPSA) is 93.3 Å². The standard InChI is InChI=1S/C20H23N3O4/c1-26-15-6-4-13(5-7-15)18-14(12-22-23-18)11-21-19(25)16-10-17(24)27-20(16)8-2-3-9-20/h4-7,12,16H,2-3,8-11H2,1H3,(H,21,25)(H,22,23). The second-order valence-corrected chi connectivity index (χ2v) is 7.22. The van der Waals surface area contributed by atoms with Crippen LogP contribution in [0.4, 0.5) is 0 Å². The minimum atomic E-state index is -0.587. The van der Waals surface area contributed by atoms with Crippen LogP contribution in [0.15, 0.2) is 30.5 Å². The Morgan fingerprint density at radius 3 is 2.78 bits per heavy atom. The fourth-order valence-electron chi connectivity index (χ4n) is 4.21. The zero-order chi connectivity index (χ0) is 18.9. The summed E-state index contributed by atoms with van der Waals surface area (Å²) in [6, 6.07) is 7.64. The average Bonchev–Trinajstić information content (AvgIpc) is 3.41. The molecule has 1 atom stereocenters. The van der Waals surface area contributed by atoms with E-state index >= 15 is 0 Å². The van der Waals surface area contributed by atoms with Crippen LogP contribution in [0, 0.1) is 5.92 Å². The maximum absolute atomic E-state index is 12.8. The van der Waals surface area contributed by atoms with Gasteiger partial charge in [0.25, 0.3) is 0 Å². The molecule has 4 rings (SSSR count). The lowest BCUT2D eigenvalue weighted by Crippen LogP contribution is -2.42. The first-order chi connectivity index (χ1) is 13.1. The molecule has 1 spiro atoms. The van der Waals surface area contributed by atoms with E-state index in [1.54, 1.807) is 13.3 Å². The van der Waals surface area contributed by atoms with Crippen LogP contribution >= 0.6 is 0 Å². The quantitative estimate of drug-likeness (QED) is 0.790. The van der Waals surface area contributed by atoms with Crippen molar-refractivity contribution in [3.63, 3.8) is 0 Å². The van der Waals surface area contributed by atoms with Crippen molar-refractivity contribution >= 4 is 11.9 Å². The Bertz CT molecular complexity index is 837. The predicted molar refractivity (Wildman–Crippen MR) is 97.8 cm³/mol. The number of aromatic nitrogens is 2. The summed E-state index contributed by atoms with van der Waals surface area (Å²) in [5.74, 6) is -0.00590. The third kappa shape index (κ3) is 3.29. The highest BCUT2D eigenvalue weighted by atomic mass is 16.6. The Balaban J connectivity index is 1.45.